The fraction of sp³-hybridized carbons (Fsp3) is 0.267. The lowest BCUT2D eigenvalue weighted by Gasteiger charge is -2.17. The average Bonchev–Trinajstić information content (AvgIpc) is 2.45. The van der Waals surface area contributed by atoms with Gasteiger partial charge in [-0.05, 0) is 17.2 Å². The number of pyridine rings is 1. The Morgan fingerprint density at radius 2 is 1.88 bits per heavy atom. The standard InChI is InChI=1S/C15H13BrClF2NO2S2/c1-10(16)9-24(21,22)13-8-20(15(17,18)19)7-12(14(13)23)11-5-3-2-4-6-11/h2-8,10H,9H2,1H3. The predicted octanol–water partition coefficient (Wildman–Crippen LogP) is 5.19. The minimum Gasteiger partial charge on any atom is -0.280 e. The number of halogens is 4. The van der Waals surface area contributed by atoms with Gasteiger partial charge < -0.3 is 0 Å². The first-order chi connectivity index (χ1) is 11.0. The van der Waals surface area contributed by atoms with E-state index in [1.807, 2.05) is 0 Å². The van der Waals surface area contributed by atoms with E-state index < -0.39 is 15.3 Å². The zero-order chi connectivity index (χ0) is 18.1. The number of aromatic nitrogens is 1. The van der Waals surface area contributed by atoms with Crippen molar-refractivity contribution in [2.75, 3.05) is 5.75 Å². The van der Waals surface area contributed by atoms with Gasteiger partial charge in [-0.2, -0.15) is 8.78 Å². The summed E-state index contributed by atoms with van der Waals surface area (Å²) in [5, 5.41) is 0. The SMILES string of the molecule is CC(Br)CS(=O)(=O)c1cn(C(F)(F)Cl)cc(-c2ccccc2)c1=S. The zero-order valence-electron chi connectivity index (χ0n) is 12.4. The molecule has 0 fully saturated rings. The van der Waals surface area contributed by atoms with Gasteiger partial charge in [-0.3, -0.25) is 4.57 Å². The molecule has 130 valence electrons. The maximum absolute atomic E-state index is 13.6. The van der Waals surface area contributed by atoms with Crippen molar-refractivity contribution < 1.29 is 17.2 Å². The first-order valence-electron chi connectivity index (χ1n) is 6.78. The van der Waals surface area contributed by atoms with Crippen LogP contribution >= 0.6 is 39.7 Å². The van der Waals surface area contributed by atoms with Crippen molar-refractivity contribution in [2.24, 2.45) is 0 Å². The molecule has 0 radical (unpaired) electrons. The second-order valence-electron chi connectivity index (χ2n) is 5.17. The Morgan fingerprint density at radius 1 is 1.29 bits per heavy atom. The molecule has 0 saturated heterocycles. The number of rotatable bonds is 5. The van der Waals surface area contributed by atoms with E-state index in [0.29, 0.717) is 10.1 Å². The fourth-order valence-electron chi connectivity index (χ4n) is 2.14. The lowest BCUT2D eigenvalue weighted by atomic mass is 10.1. The maximum Gasteiger partial charge on any atom is 0.410 e. The van der Waals surface area contributed by atoms with Crippen LogP contribution in [0.1, 0.15) is 6.92 Å². The van der Waals surface area contributed by atoms with Gasteiger partial charge in [0.05, 0.1) is 10.3 Å². The molecule has 1 unspecified atom stereocenters. The third kappa shape index (κ3) is 4.41. The zero-order valence-corrected chi connectivity index (χ0v) is 16.4. The molecule has 2 aromatic rings. The van der Waals surface area contributed by atoms with E-state index in [1.54, 1.807) is 37.3 Å². The lowest BCUT2D eigenvalue weighted by Crippen LogP contribution is -2.20. The Kier molecular flexibility index (Phi) is 5.84. The molecule has 0 aliphatic rings. The molecule has 1 aromatic carbocycles. The Hall–Kier alpha value is -0.830. The van der Waals surface area contributed by atoms with Gasteiger partial charge in [0.1, 0.15) is 4.90 Å². The molecule has 1 heterocycles. The van der Waals surface area contributed by atoms with E-state index in [-0.39, 0.29) is 25.5 Å². The highest BCUT2D eigenvalue weighted by atomic mass is 79.9. The average molecular weight is 457 g/mol. The van der Waals surface area contributed by atoms with Crippen molar-refractivity contribution in [1.29, 1.82) is 0 Å². The molecule has 0 N–H and O–H groups in total. The Labute approximate surface area is 157 Å². The quantitative estimate of drug-likeness (QED) is 0.459. The summed E-state index contributed by atoms with van der Waals surface area (Å²) in [5.74, 6) is -0.275. The van der Waals surface area contributed by atoms with Crippen LogP contribution in [-0.4, -0.2) is 23.6 Å². The van der Waals surface area contributed by atoms with Crippen molar-refractivity contribution >= 4 is 49.6 Å². The molecule has 2 rings (SSSR count). The van der Waals surface area contributed by atoms with Crippen LogP contribution in [0.25, 0.3) is 11.1 Å². The van der Waals surface area contributed by atoms with Crippen molar-refractivity contribution in [3.63, 3.8) is 0 Å². The monoisotopic (exact) mass is 455 g/mol. The normalized spacial score (nSPS) is 13.7. The molecule has 0 bridgehead atoms. The van der Waals surface area contributed by atoms with E-state index >= 15 is 0 Å². The third-order valence-electron chi connectivity index (χ3n) is 3.15. The van der Waals surface area contributed by atoms with Crippen molar-refractivity contribution in [1.82, 2.24) is 4.57 Å². The summed E-state index contributed by atoms with van der Waals surface area (Å²) >= 11 is 13.5. The summed E-state index contributed by atoms with van der Waals surface area (Å²) < 4.78 is 52.6. The maximum atomic E-state index is 13.6. The smallest absolute Gasteiger partial charge is 0.280 e. The molecule has 0 spiro atoms. The van der Waals surface area contributed by atoms with Crippen LogP contribution in [0.2, 0.25) is 0 Å². The number of benzene rings is 1. The Balaban J connectivity index is 2.79. The predicted molar refractivity (Wildman–Crippen MR) is 97.2 cm³/mol. The van der Waals surface area contributed by atoms with E-state index in [9.17, 15) is 17.2 Å². The molecular weight excluding hydrogens is 444 g/mol. The Morgan fingerprint density at radius 3 is 2.38 bits per heavy atom. The van der Waals surface area contributed by atoms with Crippen molar-refractivity contribution in [3.8, 4) is 11.1 Å². The van der Waals surface area contributed by atoms with E-state index in [0.717, 1.165) is 12.4 Å². The fourth-order valence-corrected chi connectivity index (χ4v) is 5.33. The molecule has 0 saturated carbocycles. The summed E-state index contributed by atoms with van der Waals surface area (Å²) in [6.07, 6.45) is 1.84. The van der Waals surface area contributed by atoms with E-state index in [4.69, 9.17) is 23.8 Å². The van der Waals surface area contributed by atoms with Gasteiger partial charge in [0.25, 0.3) is 0 Å². The van der Waals surface area contributed by atoms with Crippen LogP contribution in [0.15, 0.2) is 47.6 Å². The van der Waals surface area contributed by atoms with Crippen molar-refractivity contribution in [3.05, 3.63) is 47.2 Å². The van der Waals surface area contributed by atoms with Gasteiger partial charge in [-0.1, -0.05) is 65.4 Å². The lowest BCUT2D eigenvalue weighted by molar-refractivity contribution is 0.0129. The first-order valence-corrected chi connectivity index (χ1v) is 10.1. The van der Waals surface area contributed by atoms with E-state index in [1.165, 1.54) is 0 Å². The summed E-state index contributed by atoms with van der Waals surface area (Å²) in [6.45, 7) is 1.64. The minimum atomic E-state index is -3.87. The molecule has 1 atom stereocenters. The Bertz CT molecular complexity index is 894. The molecule has 3 nitrogen and oxygen atoms in total. The number of hydrogen-bond acceptors (Lipinski definition) is 3. The molecular formula is C15H13BrClF2NO2S2. The van der Waals surface area contributed by atoms with Gasteiger partial charge >= 0.3 is 5.51 Å². The van der Waals surface area contributed by atoms with E-state index in [2.05, 4.69) is 15.9 Å². The minimum absolute atomic E-state index is 0.00785. The number of alkyl halides is 4. The number of hydrogen-bond donors (Lipinski definition) is 0. The number of nitrogens with zero attached hydrogens (tertiary/aromatic N) is 1. The van der Waals surface area contributed by atoms with Crippen LogP contribution in [-0.2, 0) is 15.3 Å². The highest BCUT2D eigenvalue weighted by molar-refractivity contribution is 9.09. The van der Waals surface area contributed by atoms with Gasteiger partial charge in [0.2, 0.25) is 0 Å². The summed E-state index contributed by atoms with van der Waals surface area (Å²) in [5.41, 5.74) is -3.05. The third-order valence-corrected chi connectivity index (χ3v) is 6.59. The van der Waals surface area contributed by atoms with Gasteiger partial charge in [-0.25, -0.2) is 8.42 Å². The van der Waals surface area contributed by atoms with Gasteiger partial charge in [0.15, 0.2) is 9.84 Å². The van der Waals surface area contributed by atoms with Gasteiger partial charge in [-0.15, -0.1) is 0 Å². The first kappa shape index (κ1) is 19.5. The molecule has 9 heteroatoms. The van der Waals surface area contributed by atoms with Crippen LogP contribution < -0.4 is 0 Å². The molecule has 0 aliphatic heterocycles. The molecule has 0 aliphatic carbocycles. The second kappa shape index (κ2) is 7.19. The van der Waals surface area contributed by atoms with Gasteiger partial charge in [0, 0.05) is 22.8 Å². The second-order valence-corrected chi connectivity index (χ2v) is 9.60. The highest BCUT2D eigenvalue weighted by Crippen LogP contribution is 2.32. The molecule has 0 amide bonds. The summed E-state index contributed by atoms with van der Waals surface area (Å²) in [4.78, 5) is -0.701. The number of sulfone groups is 1. The van der Waals surface area contributed by atoms with Crippen LogP contribution in [0.4, 0.5) is 8.78 Å². The van der Waals surface area contributed by atoms with Crippen molar-refractivity contribution in [2.45, 2.75) is 22.2 Å². The largest absolute Gasteiger partial charge is 0.410 e. The summed E-state index contributed by atoms with van der Waals surface area (Å²) in [7, 11) is -3.87. The highest BCUT2D eigenvalue weighted by Gasteiger charge is 2.30. The van der Waals surface area contributed by atoms with Crippen LogP contribution in [0.5, 0.6) is 0 Å². The topological polar surface area (TPSA) is 39.1 Å². The van der Waals surface area contributed by atoms with Crippen LogP contribution in [0, 0.1) is 4.51 Å². The molecule has 1 aromatic heterocycles. The van der Waals surface area contributed by atoms with Crippen LogP contribution in [0.3, 0.4) is 0 Å². The molecule has 24 heavy (non-hydrogen) atoms. The summed E-state index contributed by atoms with van der Waals surface area (Å²) in [6, 6.07) is 8.48.